The molecule has 5 heteroatoms. The number of hydrogen-bond donors (Lipinski definition) is 2. The number of aromatic nitrogens is 2. The molecular formula is C5H7N2O2Rh-. The Morgan fingerprint density at radius 3 is 2.30 bits per heavy atom. The average Bonchev–Trinajstić information content (AvgIpc) is 2.11. The summed E-state index contributed by atoms with van der Waals surface area (Å²) < 4.78 is 0. The van der Waals surface area contributed by atoms with Gasteiger partial charge in [-0.25, -0.2) is 4.98 Å². The first kappa shape index (κ1) is 11.9. The van der Waals surface area contributed by atoms with Gasteiger partial charge in [0.05, 0.1) is 6.33 Å². The van der Waals surface area contributed by atoms with Crippen molar-refractivity contribution in [1.29, 1.82) is 0 Å². The standard InChI is InChI=1S/C3H4N2.C2H3O2.Rh/c1-2-5-3-4-1;1-2(3)4;/h1-3H,(H,4,5);1H2,(H,3,4);/q;-1;. The third-order valence-corrected chi connectivity index (χ3v) is 0.406. The van der Waals surface area contributed by atoms with E-state index in [0.717, 1.165) is 0 Å². The van der Waals surface area contributed by atoms with Crippen LogP contribution in [0.4, 0.5) is 0 Å². The van der Waals surface area contributed by atoms with Crippen molar-refractivity contribution in [1.82, 2.24) is 9.97 Å². The van der Waals surface area contributed by atoms with Gasteiger partial charge >= 0.3 is 0 Å². The monoisotopic (exact) mass is 230 g/mol. The summed E-state index contributed by atoms with van der Waals surface area (Å²) in [6.45, 7) is 2.56. The zero-order valence-electron chi connectivity index (χ0n) is 5.08. The van der Waals surface area contributed by atoms with Crippen molar-refractivity contribution in [2.75, 3.05) is 0 Å². The first-order chi connectivity index (χ1) is 4.23. The van der Waals surface area contributed by atoms with Crippen molar-refractivity contribution in [2.45, 2.75) is 0 Å². The summed E-state index contributed by atoms with van der Waals surface area (Å²) in [6, 6.07) is 0. The summed E-state index contributed by atoms with van der Waals surface area (Å²) in [6.07, 6.45) is 5.08. The van der Waals surface area contributed by atoms with Gasteiger partial charge in [-0.3, -0.25) is 11.7 Å². The molecule has 1 aromatic heterocycles. The molecular weight excluding hydrogens is 223 g/mol. The molecule has 1 radical (unpaired) electrons. The number of rotatable bonds is 0. The minimum atomic E-state index is -1.08. The molecule has 0 saturated heterocycles. The van der Waals surface area contributed by atoms with Gasteiger partial charge in [-0.2, -0.15) is 0 Å². The molecule has 0 saturated carbocycles. The number of hydrogen-bond acceptors (Lipinski definition) is 2. The van der Waals surface area contributed by atoms with E-state index < -0.39 is 5.97 Å². The van der Waals surface area contributed by atoms with Crippen LogP contribution in [-0.2, 0) is 24.3 Å². The Bertz CT molecular complexity index is 131. The van der Waals surface area contributed by atoms with Gasteiger partial charge in [0.25, 0.3) is 0 Å². The van der Waals surface area contributed by atoms with Crippen molar-refractivity contribution in [2.24, 2.45) is 0 Å². The summed E-state index contributed by atoms with van der Waals surface area (Å²) >= 11 is 0. The molecule has 0 unspecified atom stereocenters. The van der Waals surface area contributed by atoms with E-state index in [0.29, 0.717) is 0 Å². The van der Waals surface area contributed by atoms with Gasteiger partial charge in [0.1, 0.15) is 0 Å². The van der Waals surface area contributed by atoms with Crippen LogP contribution in [0.15, 0.2) is 18.7 Å². The Hall–Kier alpha value is -0.827. The predicted octanol–water partition coefficient (Wildman–Crippen LogP) is 0.312. The van der Waals surface area contributed by atoms with Crippen LogP contribution in [0.5, 0.6) is 0 Å². The molecule has 0 aromatic carbocycles. The van der Waals surface area contributed by atoms with Crippen molar-refractivity contribution in [3.8, 4) is 0 Å². The molecule has 10 heavy (non-hydrogen) atoms. The van der Waals surface area contributed by atoms with E-state index in [2.05, 4.69) is 16.9 Å². The second-order valence-electron chi connectivity index (χ2n) is 1.15. The fraction of sp³-hybridized carbons (Fsp3) is 0. The number of carboxylic acid groups (broad SMARTS) is 1. The van der Waals surface area contributed by atoms with Gasteiger partial charge in [0.15, 0.2) is 5.97 Å². The molecule has 0 atom stereocenters. The first-order valence-corrected chi connectivity index (χ1v) is 2.21. The number of aromatic amines is 1. The normalized spacial score (nSPS) is 6.40. The van der Waals surface area contributed by atoms with E-state index in [-0.39, 0.29) is 19.5 Å². The molecule has 0 aliphatic carbocycles. The maximum Gasteiger partial charge on any atom is 0.161 e. The molecule has 1 rings (SSSR count). The van der Waals surface area contributed by atoms with Crippen LogP contribution in [0.3, 0.4) is 0 Å². The third kappa shape index (κ3) is 15.7. The summed E-state index contributed by atoms with van der Waals surface area (Å²) in [5, 5.41) is 7.31. The molecule has 0 amide bonds. The molecule has 1 heterocycles. The summed E-state index contributed by atoms with van der Waals surface area (Å²) in [5.74, 6) is -1.08. The second-order valence-corrected chi connectivity index (χ2v) is 1.15. The van der Waals surface area contributed by atoms with Crippen molar-refractivity contribution < 1.29 is 29.4 Å². The summed E-state index contributed by atoms with van der Waals surface area (Å²) in [5.41, 5.74) is 0. The maximum atomic E-state index is 8.89. The van der Waals surface area contributed by atoms with Crippen LogP contribution < -0.4 is 0 Å². The van der Waals surface area contributed by atoms with Crippen LogP contribution in [0, 0.1) is 6.92 Å². The summed E-state index contributed by atoms with van der Waals surface area (Å²) in [4.78, 5) is 15.3. The van der Waals surface area contributed by atoms with Crippen LogP contribution in [0.25, 0.3) is 0 Å². The van der Waals surface area contributed by atoms with Gasteiger partial charge in [-0.1, -0.05) is 0 Å². The fourth-order valence-corrected chi connectivity index (χ4v) is 0.215. The van der Waals surface area contributed by atoms with Crippen LogP contribution in [0.2, 0.25) is 0 Å². The topological polar surface area (TPSA) is 66.0 Å². The number of nitrogens with one attached hydrogen (secondary N) is 1. The average molecular weight is 230 g/mol. The third-order valence-electron chi connectivity index (χ3n) is 0.406. The molecule has 0 bridgehead atoms. The number of carbonyl (C=O) groups is 1. The number of H-pyrrole nitrogens is 1. The first-order valence-electron chi connectivity index (χ1n) is 2.21. The van der Waals surface area contributed by atoms with Crippen molar-refractivity contribution in [3.63, 3.8) is 0 Å². The van der Waals surface area contributed by atoms with E-state index in [1.807, 2.05) is 0 Å². The fourth-order valence-electron chi connectivity index (χ4n) is 0.215. The quantitative estimate of drug-likeness (QED) is 0.498. The van der Waals surface area contributed by atoms with E-state index >= 15 is 0 Å². The van der Waals surface area contributed by atoms with E-state index in [1.165, 1.54) is 0 Å². The van der Waals surface area contributed by atoms with Gasteiger partial charge in [-0.05, 0) is 0 Å². The molecule has 0 aliphatic rings. The number of carboxylic acids is 1. The number of nitrogens with zero attached hydrogens (tertiary/aromatic N) is 1. The Labute approximate surface area is 71.4 Å². The van der Waals surface area contributed by atoms with Crippen molar-refractivity contribution >= 4 is 5.97 Å². The Morgan fingerprint density at radius 2 is 2.20 bits per heavy atom. The van der Waals surface area contributed by atoms with Crippen LogP contribution in [0.1, 0.15) is 0 Å². The van der Waals surface area contributed by atoms with Gasteiger partial charge in [0.2, 0.25) is 0 Å². The zero-order valence-corrected chi connectivity index (χ0v) is 6.71. The Morgan fingerprint density at radius 1 is 1.70 bits per heavy atom. The van der Waals surface area contributed by atoms with Crippen molar-refractivity contribution in [3.05, 3.63) is 25.6 Å². The smallest absolute Gasteiger partial charge is 0.161 e. The van der Waals surface area contributed by atoms with Gasteiger partial charge in [-0.15, -0.1) is 0 Å². The van der Waals surface area contributed by atoms with E-state index in [1.54, 1.807) is 18.7 Å². The zero-order chi connectivity index (χ0) is 7.11. The number of aliphatic carboxylic acids is 1. The van der Waals surface area contributed by atoms with Crippen LogP contribution >= 0.6 is 0 Å². The molecule has 0 spiro atoms. The minimum absolute atomic E-state index is 0. The van der Waals surface area contributed by atoms with Gasteiger partial charge < -0.3 is 10.1 Å². The second kappa shape index (κ2) is 8.17. The number of imidazole rings is 1. The Balaban J connectivity index is 0. The molecule has 0 fully saturated rings. The largest absolute Gasteiger partial charge is 0.503 e. The van der Waals surface area contributed by atoms with Crippen LogP contribution in [-0.4, -0.2) is 21.0 Å². The molecule has 1 aromatic rings. The van der Waals surface area contributed by atoms with Gasteiger partial charge in [0, 0.05) is 31.9 Å². The maximum absolute atomic E-state index is 8.89. The molecule has 0 aliphatic heterocycles. The van der Waals surface area contributed by atoms with E-state index in [4.69, 9.17) is 9.90 Å². The minimum Gasteiger partial charge on any atom is -0.503 e. The molecule has 59 valence electrons. The SMILES string of the molecule is [CH2-]C(=O)O.[Rh].c1c[nH]cn1. The van der Waals surface area contributed by atoms with E-state index in [9.17, 15) is 0 Å². The molecule has 4 nitrogen and oxygen atoms in total. The molecule has 2 N–H and O–H groups in total. The summed E-state index contributed by atoms with van der Waals surface area (Å²) in [7, 11) is 0. The Kier molecular flexibility index (Phi) is 9.73. The predicted molar refractivity (Wildman–Crippen MR) is 31.6 cm³/mol.